The average molecular weight is 655 g/mol. The van der Waals surface area contributed by atoms with Gasteiger partial charge in [0, 0.05) is 0 Å². The molecule has 2 fully saturated rings. The van der Waals surface area contributed by atoms with Crippen LogP contribution in [-0.4, -0.2) is 0 Å². The van der Waals surface area contributed by atoms with Gasteiger partial charge in [-0.1, -0.05) is 231 Å². The highest BCUT2D eigenvalue weighted by atomic mass is 14.3. The van der Waals surface area contributed by atoms with E-state index in [4.69, 9.17) is 0 Å². The smallest absolute Gasteiger partial charge is 0.0184 e. The average Bonchev–Trinajstić information content (AvgIpc) is 3.26. The molecule has 0 N–H and O–H groups in total. The van der Waals surface area contributed by atoms with Gasteiger partial charge < -0.3 is 0 Å². The van der Waals surface area contributed by atoms with Gasteiger partial charge in [-0.3, -0.25) is 0 Å². The molecule has 4 atom stereocenters. The highest BCUT2D eigenvalue weighted by Gasteiger charge is 2.26. The number of allylic oxidation sites excluding steroid dienone is 10. The Morgan fingerprint density at radius 2 is 1.00 bits per heavy atom. The Labute approximate surface area is 300 Å². The molecular weight excluding hydrogens is 589 g/mol. The fourth-order valence-corrected chi connectivity index (χ4v) is 9.16. The quantitative estimate of drug-likeness (QED) is 0.286. The molecular formula is C49H66. The summed E-state index contributed by atoms with van der Waals surface area (Å²) in [7, 11) is 0. The largest absolute Gasteiger partial charge is 0.0654 e. The molecule has 1 aromatic rings. The highest BCUT2D eigenvalue weighted by molar-refractivity contribution is 5.59. The predicted molar refractivity (Wildman–Crippen MR) is 218 cm³/mol. The zero-order chi connectivity index (χ0) is 33.8. The molecule has 262 valence electrons. The summed E-state index contributed by atoms with van der Waals surface area (Å²) in [5.74, 6) is 3.87. The molecule has 0 aromatic heterocycles. The summed E-state index contributed by atoms with van der Waals surface area (Å²) in [4.78, 5) is 0. The molecule has 0 saturated heterocycles. The number of rotatable bonds is 6. The zero-order valence-electron chi connectivity index (χ0n) is 30.9. The monoisotopic (exact) mass is 655 g/mol. The fourth-order valence-electron chi connectivity index (χ4n) is 9.16. The van der Waals surface area contributed by atoms with E-state index in [2.05, 4.69) is 122 Å². The Bertz CT molecular complexity index is 1510. The minimum atomic E-state index is 0.909. The van der Waals surface area contributed by atoms with Crippen LogP contribution in [0.4, 0.5) is 0 Å². The van der Waals surface area contributed by atoms with Gasteiger partial charge in [-0.15, -0.1) is 0 Å². The lowest BCUT2D eigenvalue weighted by molar-refractivity contribution is 0.225. The lowest BCUT2D eigenvalue weighted by Crippen LogP contribution is -2.17. The van der Waals surface area contributed by atoms with Gasteiger partial charge in [0.2, 0.25) is 0 Å². The topological polar surface area (TPSA) is 0 Å². The molecule has 2 saturated carbocycles. The summed E-state index contributed by atoms with van der Waals surface area (Å²) < 4.78 is 0. The van der Waals surface area contributed by atoms with Crippen molar-refractivity contribution in [3.8, 4) is 0 Å². The summed E-state index contributed by atoms with van der Waals surface area (Å²) in [5, 5.41) is 2.45. The SMILES string of the molecule is CCCC1CCCCC2CCCCCCCCC2CCCC1CCCC1=CC=Cc2cccc3c(cccc2=CC=C1)C=CC=CC=CC=3. The first-order valence-corrected chi connectivity index (χ1v) is 20.5. The van der Waals surface area contributed by atoms with E-state index in [0.717, 1.165) is 23.7 Å². The Kier molecular flexibility index (Phi) is 16.6. The first-order valence-electron chi connectivity index (χ1n) is 20.5. The molecule has 0 spiro atoms. The second-order valence-electron chi connectivity index (χ2n) is 15.4. The van der Waals surface area contributed by atoms with Crippen molar-refractivity contribution < 1.29 is 0 Å². The van der Waals surface area contributed by atoms with Crippen LogP contribution in [0.1, 0.15) is 146 Å². The second kappa shape index (κ2) is 21.9. The molecule has 4 unspecified atom stereocenters. The molecule has 1 aromatic carbocycles. The van der Waals surface area contributed by atoms with E-state index < -0.39 is 0 Å². The molecule has 0 bridgehead atoms. The van der Waals surface area contributed by atoms with Gasteiger partial charge in [0.1, 0.15) is 0 Å². The van der Waals surface area contributed by atoms with Gasteiger partial charge in [0.15, 0.2) is 0 Å². The van der Waals surface area contributed by atoms with Gasteiger partial charge in [0.25, 0.3) is 0 Å². The van der Waals surface area contributed by atoms with Gasteiger partial charge in [0.05, 0.1) is 0 Å². The first-order chi connectivity index (χ1) is 24.3. The maximum atomic E-state index is 2.42. The van der Waals surface area contributed by atoms with Gasteiger partial charge in [-0.25, -0.2) is 0 Å². The Morgan fingerprint density at radius 1 is 0.469 bits per heavy atom. The van der Waals surface area contributed by atoms with Crippen molar-refractivity contribution in [2.24, 2.45) is 23.7 Å². The van der Waals surface area contributed by atoms with E-state index in [1.54, 1.807) is 0 Å². The summed E-state index contributed by atoms with van der Waals surface area (Å²) in [5.41, 5.74) is 3.90. The minimum Gasteiger partial charge on any atom is -0.0654 e. The molecule has 0 aliphatic heterocycles. The van der Waals surface area contributed by atoms with Crippen LogP contribution in [-0.2, 0) is 0 Å². The van der Waals surface area contributed by atoms with E-state index in [0.29, 0.717) is 0 Å². The summed E-state index contributed by atoms with van der Waals surface area (Å²) in [6.45, 7) is 2.42. The number of fused-ring (bicyclic) bond motifs is 3. The number of hydrogen-bond acceptors (Lipinski definition) is 0. The van der Waals surface area contributed by atoms with Crippen molar-refractivity contribution in [1.29, 1.82) is 0 Å². The zero-order valence-corrected chi connectivity index (χ0v) is 30.9. The summed E-state index contributed by atoms with van der Waals surface area (Å²) >= 11 is 0. The standard InChI is InChI=1S/C49H66/c1-2-22-42-30-14-15-31-43-26-10-6-3-4-7-11-27-44(43)35-19-38-47(42)32-16-23-41-24-17-33-48-39-20-36-45-28-12-8-5-9-13-29-46(45)37-21-40-49(48)34-18-25-41/h5,8-9,12-13,17-18,20-21,24-25,28-29,33-34,36-37,39-40,42-44,47H,2-4,6-7,10-11,14-16,19,22-23,26-27,30-32,35,38H2,1H3. The molecule has 4 aliphatic carbocycles. The molecule has 0 amide bonds. The molecule has 5 rings (SSSR count). The third-order valence-corrected chi connectivity index (χ3v) is 11.9. The maximum Gasteiger partial charge on any atom is -0.0184 e. The third-order valence-electron chi connectivity index (χ3n) is 11.9. The van der Waals surface area contributed by atoms with Crippen LogP contribution >= 0.6 is 0 Å². The lowest BCUT2D eigenvalue weighted by atomic mass is 9.76. The molecule has 0 radical (unpaired) electrons. The molecule has 0 nitrogen and oxygen atoms in total. The first kappa shape index (κ1) is 37.1. The van der Waals surface area contributed by atoms with Crippen LogP contribution < -0.4 is 10.4 Å². The van der Waals surface area contributed by atoms with E-state index >= 15 is 0 Å². The van der Waals surface area contributed by atoms with Gasteiger partial charge >= 0.3 is 0 Å². The third kappa shape index (κ3) is 12.9. The Balaban J connectivity index is 1.25. The molecule has 4 aliphatic rings. The van der Waals surface area contributed by atoms with E-state index in [1.165, 1.54) is 156 Å². The van der Waals surface area contributed by atoms with Crippen molar-refractivity contribution >= 4 is 24.3 Å². The van der Waals surface area contributed by atoms with E-state index in [-0.39, 0.29) is 0 Å². The van der Waals surface area contributed by atoms with Crippen molar-refractivity contribution in [2.75, 3.05) is 0 Å². The van der Waals surface area contributed by atoms with Crippen LogP contribution in [0, 0.1) is 23.7 Å². The minimum absolute atomic E-state index is 0.909. The van der Waals surface area contributed by atoms with E-state index in [1.807, 2.05) is 0 Å². The maximum absolute atomic E-state index is 2.42. The Morgan fingerprint density at radius 3 is 1.73 bits per heavy atom. The normalized spacial score (nSPS) is 24.9. The second-order valence-corrected chi connectivity index (χ2v) is 15.4. The van der Waals surface area contributed by atoms with Crippen LogP contribution in [0.5, 0.6) is 0 Å². The fraction of sp³-hybridized carbons (Fsp3) is 0.510. The van der Waals surface area contributed by atoms with Gasteiger partial charge in [-0.2, -0.15) is 0 Å². The number of hydrogen-bond donors (Lipinski definition) is 0. The van der Waals surface area contributed by atoms with Crippen LogP contribution in [0.25, 0.3) is 24.3 Å². The molecule has 49 heavy (non-hydrogen) atoms. The van der Waals surface area contributed by atoms with Gasteiger partial charge in [-0.05, 0) is 70.1 Å². The van der Waals surface area contributed by atoms with E-state index in [9.17, 15) is 0 Å². The van der Waals surface area contributed by atoms with Crippen molar-refractivity contribution in [2.45, 2.75) is 135 Å². The predicted octanol–water partition coefficient (Wildman–Crippen LogP) is 13.3. The highest BCUT2D eigenvalue weighted by Crippen LogP contribution is 2.39. The lowest BCUT2D eigenvalue weighted by Gasteiger charge is -2.29. The summed E-state index contributed by atoms with van der Waals surface area (Å²) in [6, 6.07) is 13.3. The van der Waals surface area contributed by atoms with Crippen molar-refractivity contribution in [3.05, 3.63) is 118 Å². The van der Waals surface area contributed by atoms with Crippen LogP contribution in [0.3, 0.4) is 0 Å². The molecule has 0 heteroatoms. The van der Waals surface area contributed by atoms with Crippen molar-refractivity contribution in [3.63, 3.8) is 0 Å². The van der Waals surface area contributed by atoms with Crippen LogP contribution in [0.2, 0.25) is 0 Å². The molecule has 0 heterocycles. The van der Waals surface area contributed by atoms with Crippen molar-refractivity contribution in [1.82, 2.24) is 0 Å². The van der Waals surface area contributed by atoms with Crippen LogP contribution in [0.15, 0.2) is 96.7 Å². The summed E-state index contributed by atoms with van der Waals surface area (Å²) in [6.07, 6.45) is 57.7. The Hall–Kier alpha value is -3.12.